The van der Waals surface area contributed by atoms with E-state index in [2.05, 4.69) is 5.32 Å². The Morgan fingerprint density at radius 2 is 1.76 bits per heavy atom. The molecule has 1 amide bonds. The molecule has 0 aromatic heterocycles. The number of halogens is 3. The molecule has 0 fully saturated rings. The Morgan fingerprint density at radius 1 is 1.10 bits per heavy atom. The molecule has 1 atom stereocenters. The minimum absolute atomic E-state index is 0.0503. The lowest BCUT2D eigenvalue weighted by Crippen LogP contribution is -2.35. The summed E-state index contributed by atoms with van der Waals surface area (Å²) in [7, 11) is 0. The van der Waals surface area contributed by atoms with Crippen molar-refractivity contribution in [1.82, 2.24) is 5.32 Å². The van der Waals surface area contributed by atoms with Crippen LogP contribution in [0.25, 0.3) is 0 Å². The number of ether oxygens (including phenoxy) is 1. The molecule has 1 unspecified atom stereocenters. The summed E-state index contributed by atoms with van der Waals surface area (Å²) in [6, 6.07) is 14.4. The van der Waals surface area contributed by atoms with E-state index in [4.69, 9.17) is 4.74 Å². The molecular formula is C22H20F3NO3. The number of hydrogen-bond acceptors (Lipinski definition) is 3. The predicted molar refractivity (Wildman–Crippen MR) is 101 cm³/mol. The summed E-state index contributed by atoms with van der Waals surface area (Å²) in [6.07, 6.45) is -4.37. The molecule has 0 saturated carbocycles. The average Bonchev–Trinajstić information content (AvgIpc) is 2.67. The van der Waals surface area contributed by atoms with Crippen molar-refractivity contribution >= 4 is 11.9 Å². The highest BCUT2D eigenvalue weighted by Gasteiger charge is 2.39. The SMILES string of the molecule is CC1=C(C(=O)OCCc2ccccc2)C(c2ccccc2C(F)(F)F)CC(=O)N1. The first-order valence-electron chi connectivity index (χ1n) is 9.15. The van der Waals surface area contributed by atoms with E-state index in [0.29, 0.717) is 6.42 Å². The normalized spacial score (nSPS) is 17.1. The van der Waals surface area contributed by atoms with Crippen LogP contribution in [0.2, 0.25) is 0 Å². The van der Waals surface area contributed by atoms with Gasteiger partial charge in [-0.05, 0) is 24.1 Å². The van der Waals surface area contributed by atoms with Crippen LogP contribution in [0.5, 0.6) is 0 Å². The van der Waals surface area contributed by atoms with Crippen molar-refractivity contribution < 1.29 is 27.5 Å². The standard InChI is InChI=1S/C22H20F3NO3/c1-14-20(21(28)29-12-11-15-7-3-2-4-8-15)17(13-19(27)26-14)16-9-5-6-10-18(16)22(23,24)25/h2-10,17H,11-13H2,1H3,(H,26,27). The number of hydrogen-bond donors (Lipinski definition) is 1. The topological polar surface area (TPSA) is 55.4 Å². The van der Waals surface area contributed by atoms with Crippen molar-refractivity contribution in [2.45, 2.75) is 31.9 Å². The molecule has 152 valence electrons. The molecular weight excluding hydrogens is 383 g/mol. The number of allylic oxidation sites excluding steroid dienone is 1. The van der Waals surface area contributed by atoms with Crippen LogP contribution in [-0.4, -0.2) is 18.5 Å². The largest absolute Gasteiger partial charge is 0.462 e. The first-order valence-corrected chi connectivity index (χ1v) is 9.15. The molecule has 1 aliphatic rings. The molecule has 7 heteroatoms. The van der Waals surface area contributed by atoms with Gasteiger partial charge >= 0.3 is 12.1 Å². The van der Waals surface area contributed by atoms with Crippen molar-refractivity contribution in [3.63, 3.8) is 0 Å². The van der Waals surface area contributed by atoms with Crippen molar-refractivity contribution in [2.75, 3.05) is 6.61 Å². The molecule has 1 aliphatic heterocycles. The monoisotopic (exact) mass is 403 g/mol. The number of esters is 1. The van der Waals surface area contributed by atoms with Gasteiger partial charge in [0.15, 0.2) is 0 Å². The van der Waals surface area contributed by atoms with Crippen molar-refractivity contribution in [1.29, 1.82) is 0 Å². The molecule has 29 heavy (non-hydrogen) atoms. The zero-order chi connectivity index (χ0) is 21.0. The van der Waals surface area contributed by atoms with Gasteiger partial charge in [0, 0.05) is 24.5 Å². The molecule has 0 spiro atoms. The number of benzene rings is 2. The third-order valence-electron chi connectivity index (χ3n) is 4.80. The molecule has 3 rings (SSSR count). The number of carbonyl (C=O) groups is 2. The summed E-state index contributed by atoms with van der Waals surface area (Å²) in [5.74, 6) is -2.18. The van der Waals surface area contributed by atoms with Gasteiger partial charge in [0.05, 0.1) is 17.7 Å². The fraction of sp³-hybridized carbons (Fsp3) is 0.273. The third-order valence-corrected chi connectivity index (χ3v) is 4.80. The van der Waals surface area contributed by atoms with Gasteiger partial charge in [0.2, 0.25) is 5.91 Å². The zero-order valence-corrected chi connectivity index (χ0v) is 15.8. The molecule has 1 N–H and O–H groups in total. The maximum atomic E-state index is 13.5. The van der Waals surface area contributed by atoms with E-state index < -0.39 is 29.5 Å². The molecule has 0 saturated heterocycles. The summed E-state index contributed by atoms with van der Waals surface area (Å²) in [5, 5.41) is 2.53. The van der Waals surface area contributed by atoms with Gasteiger partial charge in [-0.3, -0.25) is 4.79 Å². The summed E-state index contributed by atoms with van der Waals surface area (Å²) in [4.78, 5) is 24.7. The lowest BCUT2D eigenvalue weighted by molar-refractivity contribution is -0.141. The van der Waals surface area contributed by atoms with Gasteiger partial charge in [-0.25, -0.2) is 4.79 Å². The third kappa shape index (κ3) is 4.85. The summed E-state index contributed by atoms with van der Waals surface area (Å²) < 4.78 is 45.8. The van der Waals surface area contributed by atoms with Crippen LogP contribution >= 0.6 is 0 Å². The molecule has 4 nitrogen and oxygen atoms in total. The van der Waals surface area contributed by atoms with Crippen molar-refractivity contribution in [3.8, 4) is 0 Å². The minimum Gasteiger partial charge on any atom is -0.462 e. The van der Waals surface area contributed by atoms with Crippen LogP contribution in [0, 0.1) is 0 Å². The van der Waals surface area contributed by atoms with Crippen LogP contribution in [0.3, 0.4) is 0 Å². The van der Waals surface area contributed by atoms with Gasteiger partial charge in [-0.2, -0.15) is 13.2 Å². The second kappa shape index (κ2) is 8.51. The Balaban J connectivity index is 1.86. The molecule has 2 aromatic carbocycles. The molecule has 0 bridgehead atoms. The maximum absolute atomic E-state index is 13.5. The van der Waals surface area contributed by atoms with Crippen LogP contribution in [-0.2, 0) is 26.9 Å². The Hall–Kier alpha value is -3.09. The molecule has 1 heterocycles. The fourth-order valence-corrected chi connectivity index (χ4v) is 3.48. The Bertz CT molecular complexity index is 936. The van der Waals surface area contributed by atoms with Gasteiger partial charge in [-0.1, -0.05) is 48.5 Å². The smallest absolute Gasteiger partial charge is 0.416 e. The van der Waals surface area contributed by atoms with E-state index in [1.165, 1.54) is 25.1 Å². The van der Waals surface area contributed by atoms with Crippen molar-refractivity contribution in [2.24, 2.45) is 0 Å². The van der Waals surface area contributed by atoms with E-state index in [1.54, 1.807) is 0 Å². The Kier molecular flexibility index (Phi) is 6.06. The first-order chi connectivity index (χ1) is 13.8. The maximum Gasteiger partial charge on any atom is 0.416 e. The van der Waals surface area contributed by atoms with E-state index in [1.807, 2.05) is 30.3 Å². The van der Waals surface area contributed by atoms with Gasteiger partial charge < -0.3 is 10.1 Å². The highest BCUT2D eigenvalue weighted by atomic mass is 19.4. The number of alkyl halides is 3. The fourth-order valence-electron chi connectivity index (χ4n) is 3.48. The van der Waals surface area contributed by atoms with E-state index in [9.17, 15) is 22.8 Å². The summed E-state index contributed by atoms with van der Waals surface area (Å²) in [5.41, 5.74) is 0.274. The van der Waals surface area contributed by atoms with Crippen LogP contribution < -0.4 is 5.32 Å². The van der Waals surface area contributed by atoms with E-state index >= 15 is 0 Å². The van der Waals surface area contributed by atoms with Crippen molar-refractivity contribution in [3.05, 3.63) is 82.6 Å². The second-order valence-corrected chi connectivity index (χ2v) is 6.80. The predicted octanol–water partition coefficient (Wildman–Crippen LogP) is 4.37. The zero-order valence-electron chi connectivity index (χ0n) is 15.8. The Morgan fingerprint density at radius 3 is 2.45 bits per heavy atom. The summed E-state index contributed by atoms with van der Waals surface area (Å²) >= 11 is 0. The lowest BCUT2D eigenvalue weighted by atomic mass is 9.82. The van der Waals surface area contributed by atoms with Gasteiger partial charge in [0.1, 0.15) is 0 Å². The number of carbonyl (C=O) groups excluding carboxylic acids is 2. The van der Waals surface area contributed by atoms with Gasteiger partial charge in [-0.15, -0.1) is 0 Å². The quantitative estimate of drug-likeness (QED) is 0.755. The first kappa shape index (κ1) is 20.6. The number of rotatable bonds is 5. The number of amides is 1. The summed E-state index contributed by atoms with van der Waals surface area (Å²) in [6.45, 7) is 1.58. The van der Waals surface area contributed by atoms with Crippen LogP contribution in [0.4, 0.5) is 13.2 Å². The highest BCUT2D eigenvalue weighted by molar-refractivity contribution is 5.96. The Labute approximate surface area is 166 Å². The van der Waals surface area contributed by atoms with Crippen LogP contribution in [0.15, 0.2) is 65.9 Å². The average molecular weight is 403 g/mol. The number of nitrogens with one attached hydrogen (secondary N) is 1. The van der Waals surface area contributed by atoms with Gasteiger partial charge in [0.25, 0.3) is 0 Å². The molecule has 0 radical (unpaired) electrons. The minimum atomic E-state index is -4.60. The van der Waals surface area contributed by atoms with Crippen LogP contribution in [0.1, 0.15) is 36.0 Å². The van der Waals surface area contributed by atoms with E-state index in [-0.39, 0.29) is 29.9 Å². The van der Waals surface area contributed by atoms with E-state index in [0.717, 1.165) is 11.6 Å². The molecule has 0 aliphatic carbocycles. The highest BCUT2D eigenvalue weighted by Crippen LogP contribution is 2.41. The second-order valence-electron chi connectivity index (χ2n) is 6.80. The lowest BCUT2D eigenvalue weighted by Gasteiger charge is -2.28. The molecule has 2 aromatic rings.